The van der Waals surface area contributed by atoms with Gasteiger partial charge in [-0.3, -0.25) is 4.79 Å². The van der Waals surface area contributed by atoms with Gasteiger partial charge in [-0.15, -0.1) is 11.3 Å². The second-order valence-corrected chi connectivity index (χ2v) is 7.60. The molecular formula is C22H19N3O3S. The van der Waals surface area contributed by atoms with Gasteiger partial charge in [0.2, 0.25) is 0 Å². The summed E-state index contributed by atoms with van der Waals surface area (Å²) in [6, 6.07) is 10.5. The second-order valence-electron chi connectivity index (χ2n) is 6.49. The van der Waals surface area contributed by atoms with Crippen LogP contribution in [0.15, 0.2) is 29.8 Å². The van der Waals surface area contributed by atoms with Crippen molar-refractivity contribution in [2.24, 2.45) is 0 Å². The molecule has 0 radical (unpaired) electrons. The molecule has 1 aromatic carbocycles. The van der Waals surface area contributed by atoms with Crippen molar-refractivity contribution < 1.29 is 14.3 Å². The van der Waals surface area contributed by atoms with Crippen LogP contribution in [0.1, 0.15) is 51.7 Å². The number of anilines is 1. The van der Waals surface area contributed by atoms with Crippen molar-refractivity contribution in [1.82, 2.24) is 0 Å². The molecule has 29 heavy (non-hydrogen) atoms. The Hall–Kier alpha value is -3.42. The smallest absolute Gasteiger partial charge is 0.341 e. The van der Waals surface area contributed by atoms with Crippen LogP contribution >= 0.6 is 11.3 Å². The quantitative estimate of drug-likeness (QED) is 0.456. The van der Waals surface area contributed by atoms with Gasteiger partial charge in [0.05, 0.1) is 23.8 Å². The van der Waals surface area contributed by atoms with Crippen LogP contribution in [-0.2, 0) is 22.4 Å². The Morgan fingerprint density at radius 1 is 1.21 bits per heavy atom. The van der Waals surface area contributed by atoms with Crippen LogP contribution in [0, 0.1) is 22.7 Å². The van der Waals surface area contributed by atoms with Crippen LogP contribution in [0.25, 0.3) is 6.08 Å². The summed E-state index contributed by atoms with van der Waals surface area (Å²) in [5.74, 6) is -1.03. The molecule has 146 valence electrons. The molecule has 6 nitrogen and oxygen atoms in total. The van der Waals surface area contributed by atoms with E-state index in [1.807, 2.05) is 12.1 Å². The van der Waals surface area contributed by atoms with Crippen molar-refractivity contribution >= 4 is 34.3 Å². The number of aryl methyl sites for hydroxylation is 1. The molecule has 0 unspecified atom stereocenters. The first-order valence-electron chi connectivity index (χ1n) is 9.32. The lowest BCUT2D eigenvalue weighted by Crippen LogP contribution is -2.16. The number of rotatable bonds is 5. The van der Waals surface area contributed by atoms with Gasteiger partial charge < -0.3 is 10.1 Å². The molecule has 1 N–H and O–H groups in total. The van der Waals surface area contributed by atoms with Gasteiger partial charge in [0.25, 0.3) is 5.91 Å². The normalized spacial score (nSPS) is 13.0. The SMILES string of the molecule is CCOC(=O)c1c(NC(=O)C(C#N)=Cc2ccc(C#N)cc2)sc2c1CCCC2. The number of thiophene rings is 1. The minimum atomic E-state index is -0.582. The number of hydrogen-bond acceptors (Lipinski definition) is 6. The van der Waals surface area contributed by atoms with E-state index in [1.54, 1.807) is 31.2 Å². The highest BCUT2D eigenvalue weighted by atomic mass is 32.1. The monoisotopic (exact) mass is 405 g/mol. The summed E-state index contributed by atoms with van der Waals surface area (Å²) in [7, 11) is 0. The van der Waals surface area contributed by atoms with Crippen molar-refractivity contribution in [2.75, 3.05) is 11.9 Å². The van der Waals surface area contributed by atoms with Crippen molar-refractivity contribution in [3.63, 3.8) is 0 Å². The topological polar surface area (TPSA) is 103 Å². The number of carbonyl (C=O) groups is 2. The number of nitrogens with zero attached hydrogens (tertiary/aromatic N) is 2. The fourth-order valence-corrected chi connectivity index (χ4v) is 4.49. The Balaban J connectivity index is 1.89. The van der Waals surface area contributed by atoms with E-state index in [-0.39, 0.29) is 12.2 Å². The molecule has 0 fully saturated rings. The highest BCUT2D eigenvalue weighted by Crippen LogP contribution is 2.38. The van der Waals surface area contributed by atoms with Crippen LogP contribution < -0.4 is 5.32 Å². The summed E-state index contributed by atoms with van der Waals surface area (Å²) in [6.45, 7) is 1.99. The predicted octanol–water partition coefficient (Wildman–Crippen LogP) is 4.22. The van der Waals surface area contributed by atoms with Crippen LogP contribution in [0.2, 0.25) is 0 Å². The summed E-state index contributed by atoms with van der Waals surface area (Å²) >= 11 is 1.38. The third kappa shape index (κ3) is 4.53. The second kappa shape index (κ2) is 9.18. The summed E-state index contributed by atoms with van der Waals surface area (Å²) in [4.78, 5) is 26.3. The largest absolute Gasteiger partial charge is 0.462 e. The fourth-order valence-electron chi connectivity index (χ4n) is 3.21. The molecule has 1 aromatic heterocycles. The van der Waals surface area contributed by atoms with Crippen molar-refractivity contribution in [1.29, 1.82) is 10.5 Å². The maximum absolute atomic E-state index is 12.7. The number of hydrogen-bond donors (Lipinski definition) is 1. The van der Waals surface area contributed by atoms with Gasteiger partial charge in [0.1, 0.15) is 16.6 Å². The lowest BCUT2D eigenvalue weighted by molar-refractivity contribution is -0.112. The number of nitriles is 2. The average Bonchev–Trinajstić information content (AvgIpc) is 3.10. The van der Waals surface area contributed by atoms with Gasteiger partial charge in [-0.25, -0.2) is 4.79 Å². The average molecular weight is 405 g/mol. The third-order valence-corrected chi connectivity index (χ3v) is 5.80. The summed E-state index contributed by atoms with van der Waals surface area (Å²) < 4.78 is 5.19. The highest BCUT2D eigenvalue weighted by molar-refractivity contribution is 7.17. The zero-order valence-electron chi connectivity index (χ0n) is 15.9. The maximum Gasteiger partial charge on any atom is 0.341 e. The number of carbonyl (C=O) groups excluding carboxylic acids is 2. The number of esters is 1. The molecule has 0 saturated carbocycles. The van der Waals surface area contributed by atoms with Gasteiger partial charge in [-0.2, -0.15) is 10.5 Å². The number of benzene rings is 1. The van der Waals surface area contributed by atoms with Gasteiger partial charge in [-0.1, -0.05) is 12.1 Å². The van der Waals surface area contributed by atoms with Gasteiger partial charge >= 0.3 is 5.97 Å². The van der Waals surface area contributed by atoms with E-state index in [4.69, 9.17) is 10.00 Å². The van der Waals surface area contributed by atoms with Gasteiger partial charge in [0.15, 0.2) is 0 Å². The standard InChI is InChI=1S/C22H19N3O3S/c1-2-28-22(27)19-17-5-3-4-6-18(17)29-21(19)25-20(26)16(13-24)11-14-7-9-15(12-23)10-8-14/h7-11H,2-6H2,1H3,(H,25,26). The first kappa shape index (κ1) is 20.3. The highest BCUT2D eigenvalue weighted by Gasteiger charge is 2.27. The molecule has 1 aliphatic rings. The minimum absolute atomic E-state index is 0.0871. The first-order chi connectivity index (χ1) is 14.1. The van der Waals surface area contributed by atoms with E-state index in [2.05, 4.69) is 5.32 Å². The lowest BCUT2D eigenvalue weighted by Gasteiger charge is -2.12. The zero-order valence-corrected chi connectivity index (χ0v) is 16.8. The summed E-state index contributed by atoms with van der Waals surface area (Å²) in [5.41, 5.74) is 2.40. The maximum atomic E-state index is 12.7. The molecular weight excluding hydrogens is 386 g/mol. The third-order valence-electron chi connectivity index (χ3n) is 4.59. The van der Waals surface area contributed by atoms with E-state index in [9.17, 15) is 14.9 Å². The molecule has 0 aliphatic heterocycles. The fraction of sp³-hybridized carbons (Fsp3) is 0.273. The molecule has 1 heterocycles. The zero-order chi connectivity index (χ0) is 20.8. The molecule has 1 amide bonds. The van der Waals surface area contributed by atoms with Crippen molar-refractivity contribution in [3.8, 4) is 12.1 Å². The number of nitrogens with one attached hydrogen (secondary N) is 1. The van der Waals surface area contributed by atoms with Crippen LogP contribution in [0.3, 0.4) is 0 Å². The molecule has 0 spiro atoms. The Labute approximate surface area is 173 Å². The Bertz CT molecular complexity index is 1050. The number of fused-ring (bicyclic) bond motifs is 1. The van der Waals surface area contributed by atoms with Crippen LogP contribution in [-0.4, -0.2) is 18.5 Å². The minimum Gasteiger partial charge on any atom is -0.462 e. The molecule has 2 aromatic rings. The van der Waals surface area contributed by atoms with E-state index in [1.165, 1.54) is 17.4 Å². The van der Waals surface area contributed by atoms with Crippen molar-refractivity contribution in [2.45, 2.75) is 32.6 Å². The summed E-state index contributed by atoms with van der Waals surface area (Å²) in [6.07, 6.45) is 5.14. The molecule has 0 atom stereocenters. The van der Waals surface area contributed by atoms with Gasteiger partial charge in [0, 0.05) is 4.88 Å². The van der Waals surface area contributed by atoms with Crippen molar-refractivity contribution in [3.05, 3.63) is 57.0 Å². The van der Waals surface area contributed by atoms with E-state index in [0.29, 0.717) is 21.7 Å². The van der Waals surface area contributed by atoms with E-state index in [0.717, 1.165) is 36.1 Å². The molecule has 0 bridgehead atoms. The number of ether oxygens (including phenoxy) is 1. The molecule has 1 aliphatic carbocycles. The molecule has 7 heteroatoms. The van der Waals surface area contributed by atoms with Crippen LogP contribution in [0.4, 0.5) is 5.00 Å². The Morgan fingerprint density at radius 2 is 1.93 bits per heavy atom. The van der Waals surface area contributed by atoms with Crippen LogP contribution in [0.5, 0.6) is 0 Å². The lowest BCUT2D eigenvalue weighted by atomic mass is 9.95. The predicted molar refractivity (Wildman–Crippen MR) is 110 cm³/mol. The Morgan fingerprint density at radius 3 is 2.59 bits per heavy atom. The van der Waals surface area contributed by atoms with E-state index < -0.39 is 11.9 Å². The van der Waals surface area contributed by atoms with Gasteiger partial charge in [-0.05, 0) is 61.9 Å². The Kier molecular flexibility index (Phi) is 6.43. The van der Waals surface area contributed by atoms with E-state index >= 15 is 0 Å². The molecule has 0 saturated heterocycles. The first-order valence-corrected chi connectivity index (χ1v) is 10.1. The molecule has 3 rings (SSSR count). The number of amides is 1. The summed E-state index contributed by atoms with van der Waals surface area (Å²) in [5, 5.41) is 21.5.